The second-order valence-electron chi connectivity index (χ2n) is 7.93. The predicted molar refractivity (Wildman–Crippen MR) is 127 cm³/mol. The summed E-state index contributed by atoms with van der Waals surface area (Å²) in [5.74, 6) is 0. The van der Waals surface area contributed by atoms with Crippen LogP contribution in [-0.4, -0.2) is 41.7 Å². The molecule has 0 atom stereocenters. The first kappa shape index (κ1) is 28.4. The van der Waals surface area contributed by atoms with Gasteiger partial charge in [0.1, 0.15) is 0 Å². The summed E-state index contributed by atoms with van der Waals surface area (Å²) in [5.41, 5.74) is 3.24. The quantitative estimate of drug-likeness (QED) is 0.104. The molecule has 2 aromatic carbocycles. The molecule has 0 aliphatic carbocycles. The number of para-hydroxylation sites is 2. The van der Waals surface area contributed by atoms with Gasteiger partial charge in [0.25, 0.3) is 0 Å². The van der Waals surface area contributed by atoms with Crippen molar-refractivity contribution in [2.24, 2.45) is 0 Å². The van der Waals surface area contributed by atoms with Crippen LogP contribution in [0.15, 0.2) is 36.4 Å². The number of nitrogens with zero attached hydrogens (tertiary/aromatic N) is 2. The Bertz CT molecular complexity index is 860. The number of hydrogen-bond acceptors (Lipinski definition) is 1. The Morgan fingerprint density at radius 1 is 0.667 bits per heavy atom. The summed E-state index contributed by atoms with van der Waals surface area (Å²) in [6.45, 7) is 11.6. The third-order valence-corrected chi connectivity index (χ3v) is 18.3. The Morgan fingerprint density at radius 3 is 1.55 bits per heavy atom. The third kappa shape index (κ3) is 8.16. The summed E-state index contributed by atoms with van der Waals surface area (Å²) in [4.78, 5) is 2.66. The van der Waals surface area contributed by atoms with Crippen molar-refractivity contribution in [2.45, 2.75) is 53.4 Å². The standard InChI is InChI=1S/C27H39I4N2/c1-5-15-28-22-11-9-12-23(29-16-6-2)26(22)32-19-20-33(21-32)27-24(30-17-7-3)13-10-14-25(27)31-18-8-4/h9-14,21H,5-8,15-20H2,1-4H3/q-3. The van der Waals surface area contributed by atoms with Gasteiger partial charge in [-0.3, -0.25) is 0 Å². The van der Waals surface area contributed by atoms with Gasteiger partial charge in [0.15, 0.2) is 0 Å². The summed E-state index contributed by atoms with van der Waals surface area (Å²) in [5, 5.41) is 0. The summed E-state index contributed by atoms with van der Waals surface area (Å²) in [6, 6.07) is 14.5. The summed E-state index contributed by atoms with van der Waals surface area (Å²) in [7, 11) is 0. The normalized spacial score (nSPS) is 14.1. The van der Waals surface area contributed by atoms with Gasteiger partial charge in [-0.15, -0.1) is 0 Å². The van der Waals surface area contributed by atoms with Crippen LogP contribution in [0.4, 0.5) is 11.4 Å². The second-order valence-corrected chi connectivity index (χ2v) is 19.9. The number of hydrogen-bond donors (Lipinski definition) is 0. The Morgan fingerprint density at radius 2 is 1.09 bits per heavy atom. The van der Waals surface area contributed by atoms with Crippen LogP contribution in [0, 0.1) is 14.3 Å². The van der Waals surface area contributed by atoms with Crippen molar-refractivity contribution in [2.75, 3.05) is 35.7 Å². The van der Waals surface area contributed by atoms with Crippen molar-refractivity contribution in [3.8, 4) is 0 Å². The molecule has 2 aromatic rings. The molecule has 2 nitrogen and oxygen atoms in total. The first-order chi connectivity index (χ1) is 16.2. The molecule has 3 rings (SSSR count). The van der Waals surface area contributed by atoms with Crippen molar-refractivity contribution in [1.29, 1.82) is 0 Å². The Balaban J connectivity index is 2.00. The number of rotatable bonds is 14. The van der Waals surface area contributed by atoms with Crippen LogP contribution in [0.3, 0.4) is 0 Å². The average Bonchev–Trinajstić information content (AvgIpc) is 3.32. The van der Waals surface area contributed by atoms with Gasteiger partial charge in [0.2, 0.25) is 0 Å². The van der Waals surface area contributed by atoms with Crippen LogP contribution >= 0.6 is 0 Å². The van der Waals surface area contributed by atoms with Gasteiger partial charge in [0.05, 0.1) is 0 Å². The fourth-order valence-corrected chi connectivity index (χ4v) is 14.8. The number of anilines is 1. The van der Waals surface area contributed by atoms with E-state index < -0.39 is 0 Å². The molecule has 0 fully saturated rings. The zero-order valence-corrected chi connectivity index (χ0v) is 29.1. The molecule has 0 saturated heterocycles. The van der Waals surface area contributed by atoms with Crippen LogP contribution in [0.25, 0.3) is 0 Å². The Kier molecular flexibility index (Phi) is 13.6. The first-order valence-electron chi connectivity index (χ1n) is 12.2. The molecule has 0 unspecified atom stereocenters. The topological polar surface area (TPSA) is 6.25 Å². The second kappa shape index (κ2) is 15.8. The molecule has 1 aliphatic rings. The van der Waals surface area contributed by atoms with E-state index in [1.54, 1.807) is 25.7 Å². The molecular formula is C27H39I4N2-3. The van der Waals surface area contributed by atoms with E-state index in [4.69, 9.17) is 0 Å². The molecular weight excluding hydrogens is 860 g/mol. The first-order valence-corrected chi connectivity index (χ1v) is 22.7. The number of benzene rings is 2. The van der Waals surface area contributed by atoms with E-state index >= 15 is 0 Å². The molecule has 0 spiro atoms. The minimum atomic E-state index is 0.103. The molecule has 0 aromatic heterocycles. The molecule has 0 bridgehead atoms. The minimum absolute atomic E-state index is 0.103. The molecule has 33 heavy (non-hydrogen) atoms. The molecule has 0 radical (unpaired) electrons. The molecule has 1 heterocycles. The van der Waals surface area contributed by atoms with E-state index in [0.717, 1.165) is 13.1 Å². The fourth-order valence-electron chi connectivity index (χ4n) is 3.58. The van der Waals surface area contributed by atoms with E-state index in [-0.39, 0.29) is 84.8 Å². The molecule has 0 saturated carbocycles. The van der Waals surface area contributed by atoms with Crippen LogP contribution in [-0.2, 0) is 0 Å². The maximum absolute atomic E-state index is 2.66. The van der Waals surface area contributed by atoms with Crippen LogP contribution in [0.5, 0.6) is 0 Å². The molecule has 1 aliphatic heterocycles. The number of alkyl halides is 4. The molecule has 0 amide bonds. The van der Waals surface area contributed by atoms with E-state index in [1.165, 1.54) is 43.4 Å². The van der Waals surface area contributed by atoms with Crippen LogP contribution < -0.4 is 89.7 Å². The number of halogens is 4. The molecule has 6 heteroatoms. The van der Waals surface area contributed by atoms with Gasteiger partial charge in [-0.1, -0.05) is 0 Å². The average molecular weight is 899 g/mol. The van der Waals surface area contributed by atoms with E-state index in [2.05, 4.69) is 79.9 Å². The SMILES string of the molecule is CCC[I-]c1cccc([I-]CCC)c1N1C=[N+](c2c([I-]CCC)cccc2[I-]CCC)CC1. The van der Waals surface area contributed by atoms with Crippen LogP contribution in [0.1, 0.15) is 53.4 Å². The van der Waals surface area contributed by atoms with Gasteiger partial charge >= 0.3 is 247 Å². The molecule has 0 N–H and O–H groups in total. The van der Waals surface area contributed by atoms with Crippen molar-refractivity contribution in [1.82, 2.24) is 0 Å². The van der Waals surface area contributed by atoms with E-state index in [0.29, 0.717) is 0 Å². The maximum atomic E-state index is 2.66. The van der Waals surface area contributed by atoms with Gasteiger partial charge in [-0.05, 0) is 0 Å². The van der Waals surface area contributed by atoms with Crippen molar-refractivity contribution < 1.29 is 89.4 Å². The monoisotopic (exact) mass is 899 g/mol. The van der Waals surface area contributed by atoms with Gasteiger partial charge in [0, 0.05) is 0 Å². The fraction of sp³-hybridized carbons (Fsp3) is 0.519. The van der Waals surface area contributed by atoms with Gasteiger partial charge < -0.3 is 0 Å². The zero-order valence-electron chi connectivity index (χ0n) is 20.5. The van der Waals surface area contributed by atoms with Crippen molar-refractivity contribution in [3.63, 3.8) is 0 Å². The van der Waals surface area contributed by atoms with Crippen molar-refractivity contribution >= 4 is 17.7 Å². The van der Waals surface area contributed by atoms with Gasteiger partial charge in [-0.2, -0.15) is 0 Å². The summed E-state index contributed by atoms with van der Waals surface area (Å²) < 4.78 is 15.0. The summed E-state index contributed by atoms with van der Waals surface area (Å²) in [6.07, 6.45) is 7.78. The molecule has 188 valence electrons. The Hall–Kier alpha value is 0.830. The summed E-state index contributed by atoms with van der Waals surface area (Å²) >= 11 is 0.413. The van der Waals surface area contributed by atoms with Crippen molar-refractivity contribution in [3.05, 3.63) is 50.7 Å². The Labute approximate surface area is 243 Å². The van der Waals surface area contributed by atoms with Gasteiger partial charge in [-0.25, -0.2) is 0 Å². The van der Waals surface area contributed by atoms with E-state index in [1.807, 2.05) is 0 Å². The third-order valence-electron chi connectivity index (χ3n) is 5.02. The van der Waals surface area contributed by atoms with E-state index in [9.17, 15) is 0 Å². The van der Waals surface area contributed by atoms with Crippen LogP contribution in [0.2, 0.25) is 0 Å². The predicted octanol–water partition coefficient (Wildman–Crippen LogP) is -6.45. The zero-order chi connectivity index (χ0) is 23.5.